The molecule has 0 amide bonds. The molecule has 3 nitrogen and oxygen atoms in total. The van der Waals surface area contributed by atoms with Crippen molar-refractivity contribution in [3.05, 3.63) is 34.4 Å². The Morgan fingerprint density at radius 2 is 1.40 bits per heavy atom. The maximum Gasteiger partial charge on any atom is 0.335 e. The molecule has 0 bridgehead atoms. The summed E-state index contributed by atoms with van der Waals surface area (Å²) in [5.41, 5.74) is 3.11. The Labute approximate surface area is 121 Å². The van der Waals surface area contributed by atoms with Crippen molar-refractivity contribution in [3.8, 4) is 0 Å². The maximum atomic E-state index is 11.4. The monoisotopic (exact) mass is 278 g/mol. The number of benzene rings is 1. The highest BCUT2D eigenvalue weighted by Gasteiger charge is 2.27. The average molecular weight is 278 g/mol. The first-order valence-electron chi connectivity index (χ1n) is 7.00. The normalized spacial score (nSPS) is 12.6. The molecule has 0 radical (unpaired) electrons. The molecule has 0 saturated carbocycles. The Morgan fingerprint density at radius 1 is 1.00 bits per heavy atom. The first kappa shape index (κ1) is 16.7. The van der Waals surface area contributed by atoms with Crippen molar-refractivity contribution in [1.29, 1.82) is 0 Å². The van der Waals surface area contributed by atoms with E-state index in [0.29, 0.717) is 12.0 Å². The van der Waals surface area contributed by atoms with E-state index in [1.165, 1.54) is 0 Å². The van der Waals surface area contributed by atoms with Gasteiger partial charge in [0, 0.05) is 6.61 Å². The lowest BCUT2D eigenvalue weighted by atomic mass is 9.74. The summed E-state index contributed by atoms with van der Waals surface area (Å²) in [6.07, 6.45) is 0.555. The largest absolute Gasteiger partial charge is 0.478 e. The number of aliphatic hydroxyl groups excluding tert-OH is 1. The third-order valence-corrected chi connectivity index (χ3v) is 3.47. The Bertz CT molecular complexity index is 467. The molecule has 1 aromatic rings. The van der Waals surface area contributed by atoms with Gasteiger partial charge in [-0.25, -0.2) is 4.79 Å². The minimum Gasteiger partial charge on any atom is -0.478 e. The van der Waals surface area contributed by atoms with Gasteiger partial charge in [0.2, 0.25) is 0 Å². The molecule has 0 spiro atoms. The fourth-order valence-electron chi connectivity index (χ4n) is 2.51. The van der Waals surface area contributed by atoms with E-state index in [4.69, 9.17) is 0 Å². The summed E-state index contributed by atoms with van der Waals surface area (Å²) in [5.74, 6) is -0.906. The highest BCUT2D eigenvalue weighted by Crippen LogP contribution is 2.35. The number of carboxylic acids is 1. The zero-order valence-electron chi connectivity index (χ0n) is 13.4. The summed E-state index contributed by atoms with van der Waals surface area (Å²) in [6.45, 7) is 12.5. The summed E-state index contributed by atoms with van der Waals surface area (Å²) in [6, 6.07) is 3.51. The van der Waals surface area contributed by atoms with E-state index in [1.54, 1.807) is 12.1 Å². The van der Waals surface area contributed by atoms with E-state index >= 15 is 0 Å². The van der Waals surface area contributed by atoms with Crippen LogP contribution < -0.4 is 0 Å². The molecule has 112 valence electrons. The average Bonchev–Trinajstić information content (AvgIpc) is 2.26. The lowest BCUT2D eigenvalue weighted by molar-refractivity contribution is 0.0696. The van der Waals surface area contributed by atoms with Crippen LogP contribution in [0.25, 0.3) is 0 Å². The lowest BCUT2D eigenvalue weighted by Crippen LogP contribution is -2.23. The highest BCUT2D eigenvalue weighted by atomic mass is 16.4. The van der Waals surface area contributed by atoms with Gasteiger partial charge < -0.3 is 10.2 Å². The van der Waals surface area contributed by atoms with E-state index in [9.17, 15) is 15.0 Å². The fourth-order valence-corrected chi connectivity index (χ4v) is 2.51. The first-order valence-corrected chi connectivity index (χ1v) is 7.00. The van der Waals surface area contributed by atoms with E-state index < -0.39 is 5.97 Å². The van der Waals surface area contributed by atoms with Gasteiger partial charge in [0.05, 0.1) is 5.56 Å². The van der Waals surface area contributed by atoms with Gasteiger partial charge in [0.25, 0.3) is 0 Å². The van der Waals surface area contributed by atoms with Crippen LogP contribution in [0.15, 0.2) is 12.1 Å². The zero-order valence-corrected chi connectivity index (χ0v) is 13.4. The second-order valence-corrected chi connectivity index (χ2v) is 7.33. The summed E-state index contributed by atoms with van der Waals surface area (Å²) in [7, 11) is 0. The quantitative estimate of drug-likeness (QED) is 0.889. The van der Waals surface area contributed by atoms with Crippen LogP contribution in [0.3, 0.4) is 0 Å². The van der Waals surface area contributed by atoms with Crippen molar-refractivity contribution < 1.29 is 15.0 Å². The van der Waals surface area contributed by atoms with E-state index in [2.05, 4.69) is 41.5 Å². The zero-order chi connectivity index (χ0) is 15.7. The summed E-state index contributed by atoms with van der Waals surface area (Å²) in [5, 5.41) is 18.7. The van der Waals surface area contributed by atoms with Gasteiger partial charge >= 0.3 is 5.97 Å². The third kappa shape index (κ3) is 3.60. The number of hydrogen-bond acceptors (Lipinski definition) is 2. The van der Waals surface area contributed by atoms with Crippen LogP contribution in [-0.2, 0) is 17.3 Å². The predicted octanol–water partition coefficient (Wildman–Crippen LogP) is 3.51. The summed E-state index contributed by atoms with van der Waals surface area (Å²) in [4.78, 5) is 11.4. The lowest BCUT2D eigenvalue weighted by Gasteiger charge is -2.30. The minimum atomic E-state index is -0.906. The molecule has 0 aliphatic rings. The molecule has 0 heterocycles. The van der Waals surface area contributed by atoms with Crippen LogP contribution >= 0.6 is 0 Å². The molecule has 3 heteroatoms. The number of aliphatic hydroxyl groups is 1. The summed E-state index contributed by atoms with van der Waals surface area (Å²) >= 11 is 0. The number of carboxylic acid groups (broad SMARTS) is 1. The molecule has 0 unspecified atom stereocenters. The van der Waals surface area contributed by atoms with Crippen LogP contribution in [0.1, 0.15) is 68.6 Å². The third-order valence-electron chi connectivity index (χ3n) is 3.47. The minimum absolute atomic E-state index is 0.0680. The smallest absolute Gasteiger partial charge is 0.335 e. The van der Waals surface area contributed by atoms with Crippen molar-refractivity contribution in [2.75, 3.05) is 6.61 Å². The van der Waals surface area contributed by atoms with Gasteiger partial charge in [-0.05, 0) is 46.1 Å². The topological polar surface area (TPSA) is 57.5 Å². The molecule has 1 rings (SSSR count). The number of hydrogen-bond donors (Lipinski definition) is 2. The Hall–Kier alpha value is -1.35. The number of aromatic carboxylic acids is 1. The van der Waals surface area contributed by atoms with Crippen LogP contribution in [0.4, 0.5) is 0 Å². The molecule has 20 heavy (non-hydrogen) atoms. The summed E-state index contributed by atoms with van der Waals surface area (Å²) < 4.78 is 0. The first-order chi connectivity index (χ1) is 8.98. The van der Waals surface area contributed by atoms with Gasteiger partial charge in [-0.1, -0.05) is 41.5 Å². The Kier molecular flexibility index (Phi) is 4.65. The van der Waals surface area contributed by atoms with Gasteiger partial charge in [-0.3, -0.25) is 0 Å². The van der Waals surface area contributed by atoms with Crippen molar-refractivity contribution in [3.63, 3.8) is 0 Å². The molecule has 2 N–H and O–H groups in total. The molecule has 0 aliphatic carbocycles. The maximum absolute atomic E-state index is 11.4. The molecule has 1 aromatic carbocycles. The number of carbonyl (C=O) groups is 1. The van der Waals surface area contributed by atoms with Gasteiger partial charge in [0.15, 0.2) is 0 Å². The number of rotatable bonds is 3. The SMILES string of the molecule is CC(C)(C)c1cc(C(=O)O)cc(C(C)(C)C)c1CCO. The van der Waals surface area contributed by atoms with E-state index in [-0.39, 0.29) is 17.4 Å². The highest BCUT2D eigenvalue weighted by molar-refractivity contribution is 5.88. The van der Waals surface area contributed by atoms with Gasteiger partial charge in [-0.2, -0.15) is 0 Å². The van der Waals surface area contributed by atoms with Gasteiger partial charge in [-0.15, -0.1) is 0 Å². The Morgan fingerprint density at radius 3 is 1.65 bits per heavy atom. The second-order valence-electron chi connectivity index (χ2n) is 7.33. The standard InChI is InChI=1S/C17H26O3/c1-16(2,3)13-9-11(15(19)20)10-14(17(4,5)6)12(13)7-8-18/h9-10,18H,7-8H2,1-6H3,(H,19,20). The molecular weight excluding hydrogens is 252 g/mol. The fraction of sp³-hybridized carbons (Fsp3) is 0.588. The molecule has 0 fully saturated rings. The van der Waals surface area contributed by atoms with E-state index in [1.807, 2.05) is 0 Å². The predicted molar refractivity (Wildman–Crippen MR) is 81.6 cm³/mol. The second kappa shape index (κ2) is 5.57. The van der Waals surface area contributed by atoms with E-state index in [0.717, 1.165) is 16.7 Å². The molecule has 0 atom stereocenters. The Balaban J connectivity index is 3.71. The molecule has 0 aliphatic heterocycles. The van der Waals surface area contributed by atoms with Crippen molar-refractivity contribution in [2.45, 2.75) is 58.8 Å². The van der Waals surface area contributed by atoms with Crippen LogP contribution in [-0.4, -0.2) is 22.8 Å². The van der Waals surface area contributed by atoms with Gasteiger partial charge in [0.1, 0.15) is 0 Å². The molecular formula is C17H26O3. The van der Waals surface area contributed by atoms with Crippen LogP contribution in [0.5, 0.6) is 0 Å². The van der Waals surface area contributed by atoms with Crippen LogP contribution in [0.2, 0.25) is 0 Å². The van der Waals surface area contributed by atoms with Crippen LogP contribution in [0, 0.1) is 0 Å². The van der Waals surface area contributed by atoms with Crippen molar-refractivity contribution >= 4 is 5.97 Å². The van der Waals surface area contributed by atoms with Crippen molar-refractivity contribution in [1.82, 2.24) is 0 Å². The van der Waals surface area contributed by atoms with Crippen molar-refractivity contribution in [2.24, 2.45) is 0 Å². The molecule has 0 aromatic heterocycles. The molecule has 0 saturated heterocycles.